The van der Waals surface area contributed by atoms with Gasteiger partial charge in [0.1, 0.15) is 23.2 Å². The number of aromatic amines is 1. The van der Waals surface area contributed by atoms with E-state index in [1.54, 1.807) is 31.7 Å². The van der Waals surface area contributed by atoms with E-state index in [0.29, 0.717) is 34.4 Å². The van der Waals surface area contributed by atoms with Crippen LogP contribution >= 0.6 is 0 Å². The topological polar surface area (TPSA) is 114 Å². The molecule has 0 amide bonds. The highest BCUT2D eigenvalue weighted by atomic mass is 19.1. The first kappa shape index (κ1) is 26.0. The SMILES string of the molecule is Cc1nc2nc(-c3ccc(CN4CCC(c5n[nH]c(-c6cnccn6)n5)CC4)cc3)c(-c3ccc(F)cc3F)cn2n1. The maximum absolute atomic E-state index is 14.8. The fourth-order valence-electron chi connectivity index (χ4n) is 5.42. The summed E-state index contributed by atoms with van der Waals surface area (Å²) in [6, 6.07) is 11.6. The summed E-state index contributed by atoms with van der Waals surface area (Å²) in [6.45, 7) is 4.44. The quantitative estimate of drug-likeness (QED) is 0.301. The number of benzene rings is 2. The zero-order valence-corrected chi connectivity index (χ0v) is 22.7. The van der Waals surface area contributed by atoms with Gasteiger partial charge in [0.25, 0.3) is 5.78 Å². The van der Waals surface area contributed by atoms with Gasteiger partial charge in [0.2, 0.25) is 0 Å². The number of aromatic nitrogens is 9. The Morgan fingerprint density at radius 1 is 0.952 bits per heavy atom. The van der Waals surface area contributed by atoms with Crippen molar-refractivity contribution in [3.05, 3.63) is 96.1 Å². The number of fused-ring (bicyclic) bond motifs is 1. The van der Waals surface area contributed by atoms with Crippen molar-refractivity contribution in [2.45, 2.75) is 32.2 Å². The van der Waals surface area contributed by atoms with Gasteiger partial charge in [0.05, 0.1) is 11.9 Å². The van der Waals surface area contributed by atoms with E-state index in [1.165, 1.54) is 16.6 Å². The van der Waals surface area contributed by atoms with Gasteiger partial charge in [0, 0.05) is 53.8 Å². The Kier molecular flexibility index (Phi) is 6.67. The highest BCUT2D eigenvalue weighted by Gasteiger charge is 2.24. The van der Waals surface area contributed by atoms with Crippen molar-refractivity contribution in [2.24, 2.45) is 0 Å². The Hall–Kier alpha value is -4.97. The number of rotatable bonds is 6. The zero-order valence-electron chi connectivity index (χ0n) is 22.7. The molecule has 1 saturated heterocycles. The summed E-state index contributed by atoms with van der Waals surface area (Å²) < 4.78 is 30.0. The van der Waals surface area contributed by atoms with E-state index in [4.69, 9.17) is 4.98 Å². The van der Waals surface area contributed by atoms with Gasteiger partial charge in [-0.1, -0.05) is 24.3 Å². The maximum Gasteiger partial charge on any atom is 0.252 e. The van der Waals surface area contributed by atoms with Crippen molar-refractivity contribution in [1.29, 1.82) is 0 Å². The zero-order chi connectivity index (χ0) is 28.6. The van der Waals surface area contributed by atoms with E-state index in [2.05, 4.69) is 52.3 Å². The van der Waals surface area contributed by atoms with E-state index < -0.39 is 11.6 Å². The molecule has 0 radical (unpaired) electrons. The molecule has 5 heterocycles. The molecule has 210 valence electrons. The fourth-order valence-corrected chi connectivity index (χ4v) is 5.42. The summed E-state index contributed by atoms with van der Waals surface area (Å²) in [4.78, 5) is 24.6. The number of nitrogens with one attached hydrogen (secondary N) is 1. The Morgan fingerprint density at radius 2 is 1.79 bits per heavy atom. The minimum absolute atomic E-state index is 0.246. The van der Waals surface area contributed by atoms with E-state index in [1.807, 2.05) is 12.1 Å². The van der Waals surface area contributed by atoms with Crippen molar-refractivity contribution < 1.29 is 8.78 Å². The summed E-state index contributed by atoms with van der Waals surface area (Å²) in [5, 5.41) is 11.8. The van der Waals surface area contributed by atoms with Gasteiger partial charge in [-0.15, -0.1) is 0 Å². The smallest absolute Gasteiger partial charge is 0.252 e. The molecule has 1 aliphatic heterocycles. The molecule has 4 aromatic heterocycles. The summed E-state index contributed by atoms with van der Waals surface area (Å²) in [5.74, 6) is 1.42. The largest absolute Gasteiger partial charge is 0.299 e. The number of hydrogen-bond donors (Lipinski definition) is 1. The third-order valence-electron chi connectivity index (χ3n) is 7.55. The van der Waals surface area contributed by atoms with Crippen LogP contribution in [0.2, 0.25) is 0 Å². The first-order chi connectivity index (χ1) is 20.5. The second-order valence-corrected chi connectivity index (χ2v) is 10.4. The summed E-state index contributed by atoms with van der Waals surface area (Å²) in [7, 11) is 0. The van der Waals surface area contributed by atoms with Gasteiger partial charge < -0.3 is 0 Å². The lowest BCUT2D eigenvalue weighted by Crippen LogP contribution is -2.32. The van der Waals surface area contributed by atoms with Crippen LogP contribution in [0.1, 0.15) is 36.0 Å². The molecule has 0 spiro atoms. The molecule has 0 aliphatic carbocycles. The monoisotopic (exact) mass is 564 g/mol. The lowest BCUT2D eigenvalue weighted by molar-refractivity contribution is 0.202. The van der Waals surface area contributed by atoms with Crippen LogP contribution in [0.4, 0.5) is 8.78 Å². The van der Waals surface area contributed by atoms with Gasteiger partial charge in [-0.2, -0.15) is 15.2 Å². The van der Waals surface area contributed by atoms with Crippen LogP contribution in [-0.4, -0.2) is 62.7 Å². The molecule has 1 aliphatic rings. The lowest BCUT2D eigenvalue weighted by Gasteiger charge is -2.30. The predicted molar refractivity (Wildman–Crippen MR) is 151 cm³/mol. The first-order valence-corrected chi connectivity index (χ1v) is 13.7. The van der Waals surface area contributed by atoms with Crippen LogP contribution < -0.4 is 0 Å². The summed E-state index contributed by atoms with van der Waals surface area (Å²) >= 11 is 0. The second-order valence-electron chi connectivity index (χ2n) is 10.4. The van der Waals surface area contributed by atoms with Crippen molar-refractivity contribution in [3.63, 3.8) is 0 Å². The van der Waals surface area contributed by atoms with Gasteiger partial charge in [-0.25, -0.2) is 28.2 Å². The predicted octanol–water partition coefficient (Wildman–Crippen LogP) is 5.00. The van der Waals surface area contributed by atoms with Crippen LogP contribution in [0.5, 0.6) is 0 Å². The maximum atomic E-state index is 14.8. The van der Waals surface area contributed by atoms with Crippen LogP contribution in [0.15, 0.2) is 67.3 Å². The minimum Gasteiger partial charge on any atom is -0.299 e. The van der Waals surface area contributed by atoms with Crippen LogP contribution in [0.25, 0.3) is 39.7 Å². The molecule has 2 aromatic carbocycles. The standard InChI is InChI=1S/C30H26F2N10/c1-18-35-30-36-27(24(17-42(30)40-18)23-7-6-22(31)14-25(23)32)20-4-2-19(3-5-20)16-41-12-8-21(9-13-41)28-37-29(39-38-28)26-15-33-10-11-34-26/h2-7,10-11,14-15,17,21H,8-9,12-13,16H2,1H3,(H,37,38,39). The number of likely N-dealkylation sites (tertiary alicyclic amines) is 1. The second kappa shape index (κ2) is 10.8. The molecule has 0 bridgehead atoms. The lowest BCUT2D eigenvalue weighted by atomic mass is 9.95. The molecule has 0 saturated carbocycles. The molecule has 7 rings (SSSR count). The molecule has 10 nitrogen and oxygen atoms in total. The third-order valence-corrected chi connectivity index (χ3v) is 7.55. The average Bonchev–Trinajstić information content (AvgIpc) is 3.64. The molecule has 12 heteroatoms. The van der Waals surface area contributed by atoms with Crippen LogP contribution in [0, 0.1) is 18.6 Å². The molecule has 6 aromatic rings. The van der Waals surface area contributed by atoms with Crippen LogP contribution in [0.3, 0.4) is 0 Å². The molecule has 1 fully saturated rings. The van der Waals surface area contributed by atoms with E-state index in [9.17, 15) is 8.78 Å². The van der Waals surface area contributed by atoms with Gasteiger partial charge in [0.15, 0.2) is 11.6 Å². The van der Waals surface area contributed by atoms with Gasteiger partial charge >= 0.3 is 0 Å². The fraction of sp³-hybridized carbons (Fsp3) is 0.233. The molecule has 1 N–H and O–H groups in total. The summed E-state index contributed by atoms with van der Waals surface area (Å²) in [6.07, 6.45) is 8.56. The number of hydrogen-bond acceptors (Lipinski definition) is 8. The van der Waals surface area contributed by atoms with Crippen molar-refractivity contribution in [3.8, 4) is 33.9 Å². The molecular formula is C30H26F2N10. The number of nitrogens with zero attached hydrogens (tertiary/aromatic N) is 9. The minimum atomic E-state index is -0.663. The molecule has 0 atom stereocenters. The highest BCUT2D eigenvalue weighted by Crippen LogP contribution is 2.33. The molecular weight excluding hydrogens is 538 g/mol. The van der Waals surface area contributed by atoms with E-state index in [0.717, 1.165) is 55.5 Å². The van der Waals surface area contributed by atoms with Gasteiger partial charge in [-0.05, 0) is 50.6 Å². The van der Waals surface area contributed by atoms with Crippen molar-refractivity contribution in [2.75, 3.05) is 13.1 Å². The molecule has 0 unspecified atom stereocenters. The Morgan fingerprint density at radius 3 is 2.55 bits per heavy atom. The normalized spacial score (nSPS) is 14.5. The highest BCUT2D eigenvalue weighted by molar-refractivity contribution is 5.81. The number of halogens is 2. The summed E-state index contributed by atoms with van der Waals surface area (Å²) in [5.41, 5.74) is 3.96. The Labute approximate surface area is 239 Å². The van der Waals surface area contributed by atoms with Crippen LogP contribution in [-0.2, 0) is 6.54 Å². The van der Waals surface area contributed by atoms with Crippen molar-refractivity contribution >= 4 is 5.78 Å². The van der Waals surface area contributed by atoms with E-state index >= 15 is 0 Å². The Balaban J connectivity index is 1.07. The number of H-pyrrole nitrogens is 1. The number of piperidine rings is 1. The number of aryl methyl sites for hydroxylation is 1. The van der Waals surface area contributed by atoms with E-state index in [-0.39, 0.29) is 11.5 Å². The average molecular weight is 565 g/mol. The molecule has 42 heavy (non-hydrogen) atoms. The third kappa shape index (κ3) is 5.12. The first-order valence-electron chi connectivity index (χ1n) is 13.7. The van der Waals surface area contributed by atoms with Gasteiger partial charge in [-0.3, -0.25) is 15.0 Å². The Bertz CT molecular complexity index is 1860. The van der Waals surface area contributed by atoms with Crippen molar-refractivity contribution in [1.82, 2.24) is 49.6 Å².